The minimum Gasteiger partial charge on any atom is -0.389 e. The SMILES string of the molecule is CCOCC(O)CNC(C)(C)CC(C)(C)C. The fourth-order valence-corrected chi connectivity index (χ4v) is 2.10. The summed E-state index contributed by atoms with van der Waals surface area (Å²) in [6.07, 6.45) is 0.653. The van der Waals surface area contributed by atoms with Gasteiger partial charge in [0.25, 0.3) is 0 Å². The van der Waals surface area contributed by atoms with Gasteiger partial charge >= 0.3 is 0 Å². The smallest absolute Gasteiger partial charge is 0.0897 e. The molecule has 1 unspecified atom stereocenters. The van der Waals surface area contributed by atoms with Gasteiger partial charge in [0.05, 0.1) is 12.7 Å². The molecule has 0 aliphatic heterocycles. The lowest BCUT2D eigenvalue weighted by Gasteiger charge is -2.34. The van der Waals surface area contributed by atoms with Crippen LogP contribution in [0.1, 0.15) is 48.0 Å². The first kappa shape index (κ1) is 15.9. The van der Waals surface area contributed by atoms with Crippen molar-refractivity contribution in [1.29, 1.82) is 0 Å². The lowest BCUT2D eigenvalue weighted by atomic mass is 9.82. The van der Waals surface area contributed by atoms with E-state index in [0.717, 1.165) is 6.42 Å². The summed E-state index contributed by atoms with van der Waals surface area (Å²) in [5.74, 6) is 0. The largest absolute Gasteiger partial charge is 0.389 e. The molecular weight excluding hydrogens is 202 g/mol. The number of hydrogen-bond donors (Lipinski definition) is 2. The van der Waals surface area contributed by atoms with Gasteiger partial charge in [-0.2, -0.15) is 0 Å². The molecular formula is C13H29NO2. The third-order valence-electron chi connectivity index (χ3n) is 2.30. The second kappa shape index (κ2) is 6.58. The second-order valence-corrected chi connectivity index (χ2v) is 6.32. The van der Waals surface area contributed by atoms with Crippen molar-refractivity contribution in [2.24, 2.45) is 5.41 Å². The Morgan fingerprint density at radius 2 is 1.75 bits per heavy atom. The minimum atomic E-state index is -0.417. The third-order valence-corrected chi connectivity index (χ3v) is 2.30. The Balaban J connectivity index is 3.89. The van der Waals surface area contributed by atoms with E-state index in [9.17, 15) is 5.11 Å². The van der Waals surface area contributed by atoms with E-state index in [4.69, 9.17) is 4.74 Å². The Bertz CT molecular complexity index is 185. The number of aliphatic hydroxyl groups excluding tert-OH is 1. The molecule has 0 spiro atoms. The van der Waals surface area contributed by atoms with Crippen LogP contribution in [0.15, 0.2) is 0 Å². The van der Waals surface area contributed by atoms with Crippen LogP contribution in [0.25, 0.3) is 0 Å². The van der Waals surface area contributed by atoms with Crippen LogP contribution < -0.4 is 5.32 Å². The number of ether oxygens (including phenoxy) is 1. The number of aliphatic hydroxyl groups is 1. The highest BCUT2D eigenvalue weighted by Gasteiger charge is 2.25. The first-order valence-electron chi connectivity index (χ1n) is 6.17. The van der Waals surface area contributed by atoms with Gasteiger partial charge in [-0.05, 0) is 32.6 Å². The summed E-state index contributed by atoms with van der Waals surface area (Å²) in [6, 6.07) is 0. The van der Waals surface area contributed by atoms with Crippen LogP contribution in [0.5, 0.6) is 0 Å². The normalized spacial score (nSPS) is 15.2. The van der Waals surface area contributed by atoms with Gasteiger partial charge in [0.2, 0.25) is 0 Å². The van der Waals surface area contributed by atoms with E-state index in [0.29, 0.717) is 25.2 Å². The highest BCUT2D eigenvalue weighted by Crippen LogP contribution is 2.26. The molecule has 1 atom stereocenters. The van der Waals surface area contributed by atoms with Gasteiger partial charge in [0.1, 0.15) is 0 Å². The van der Waals surface area contributed by atoms with Crippen LogP contribution in [0.3, 0.4) is 0 Å². The quantitative estimate of drug-likeness (QED) is 0.706. The standard InChI is InChI=1S/C13H29NO2/c1-7-16-9-11(15)8-14-13(5,6)10-12(2,3)4/h11,14-15H,7-10H2,1-6H3. The first-order chi connectivity index (χ1) is 7.16. The lowest BCUT2D eigenvalue weighted by Crippen LogP contribution is -2.46. The van der Waals surface area contributed by atoms with Gasteiger partial charge in [0, 0.05) is 18.7 Å². The second-order valence-electron chi connectivity index (χ2n) is 6.32. The van der Waals surface area contributed by atoms with Crippen molar-refractivity contribution >= 4 is 0 Å². The fraction of sp³-hybridized carbons (Fsp3) is 1.00. The Hall–Kier alpha value is -0.120. The Labute approximate surface area is 101 Å². The monoisotopic (exact) mass is 231 g/mol. The third kappa shape index (κ3) is 9.13. The summed E-state index contributed by atoms with van der Waals surface area (Å²) in [7, 11) is 0. The van der Waals surface area contributed by atoms with Crippen LogP contribution in [0.4, 0.5) is 0 Å². The summed E-state index contributed by atoms with van der Waals surface area (Å²) >= 11 is 0. The molecule has 0 aliphatic carbocycles. The fourth-order valence-electron chi connectivity index (χ4n) is 2.10. The molecule has 0 radical (unpaired) electrons. The molecule has 0 fully saturated rings. The summed E-state index contributed by atoms with van der Waals surface area (Å²) < 4.78 is 5.17. The Morgan fingerprint density at radius 3 is 2.19 bits per heavy atom. The van der Waals surface area contributed by atoms with Crippen molar-refractivity contribution in [2.45, 2.75) is 59.6 Å². The van der Waals surface area contributed by atoms with E-state index in [-0.39, 0.29) is 5.54 Å². The van der Waals surface area contributed by atoms with Crippen molar-refractivity contribution < 1.29 is 9.84 Å². The zero-order valence-electron chi connectivity index (χ0n) is 11.8. The number of rotatable bonds is 7. The molecule has 0 aromatic carbocycles. The van der Waals surface area contributed by atoms with E-state index in [1.807, 2.05) is 6.92 Å². The van der Waals surface area contributed by atoms with E-state index >= 15 is 0 Å². The molecule has 98 valence electrons. The molecule has 0 aromatic rings. The summed E-state index contributed by atoms with van der Waals surface area (Å²) in [5.41, 5.74) is 0.340. The molecule has 0 amide bonds. The molecule has 0 aromatic heterocycles. The maximum Gasteiger partial charge on any atom is 0.0897 e. The summed E-state index contributed by atoms with van der Waals surface area (Å²) in [4.78, 5) is 0. The van der Waals surface area contributed by atoms with Gasteiger partial charge in [-0.15, -0.1) is 0 Å². The molecule has 0 saturated carbocycles. The van der Waals surface area contributed by atoms with Crippen molar-refractivity contribution in [1.82, 2.24) is 5.32 Å². The zero-order valence-corrected chi connectivity index (χ0v) is 11.8. The highest BCUT2D eigenvalue weighted by atomic mass is 16.5. The predicted molar refractivity (Wildman–Crippen MR) is 68.7 cm³/mol. The number of β-amino-alcohol motifs (C(OH)–C–C–N with tert-alkyl or cyclic N) is 1. The van der Waals surface area contributed by atoms with Crippen LogP contribution >= 0.6 is 0 Å². The van der Waals surface area contributed by atoms with Gasteiger partial charge in [-0.1, -0.05) is 20.8 Å². The van der Waals surface area contributed by atoms with E-state index in [1.165, 1.54) is 0 Å². The van der Waals surface area contributed by atoms with Crippen LogP contribution in [0.2, 0.25) is 0 Å². The molecule has 3 nitrogen and oxygen atoms in total. The predicted octanol–water partition coefficient (Wildman–Crippen LogP) is 2.19. The Kier molecular flexibility index (Phi) is 6.53. The molecule has 0 heterocycles. The van der Waals surface area contributed by atoms with E-state index in [2.05, 4.69) is 39.9 Å². The van der Waals surface area contributed by atoms with Crippen molar-refractivity contribution in [3.63, 3.8) is 0 Å². The maximum atomic E-state index is 9.65. The topological polar surface area (TPSA) is 41.5 Å². The first-order valence-corrected chi connectivity index (χ1v) is 6.17. The van der Waals surface area contributed by atoms with Gasteiger partial charge in [-0.25, -0.2) is 0 Å². The van der Waals surface area contributed by atoms with E-state index < -0.39 is 6.10 Å². The molecule has 0 aliphatic rings. The number of nitrogens with one attached hydrogen (secondary N) is 1. The summed E-state index contributed by atoms with van der Waals surface area (Å²) in [6.45, 7) is 14.6. The molecule has 16 heavy (non-hydrogen) atoms. The average molecular weight is 231 g/mol. The summed E-state index contributed by atoms with van der Waals surface area (Å²) in [5, 5.41) is 13.0. The van der Waals surface area contributed by atoms with Crippen molar-refractivity contribution in [2.75, 3.05) is 19.8 Å². The average Bonchev–Trinajstić information content (AvgIpc) is 2.07. The highest BCUT2D eigenvalue weighted by molar-refractivity contribution is 4.83. The van der Waals surface area contributed by atoms with Gasteiger partial charge in [0.15, 0.2) is 0 Å². The van der Waals surface area contributed by atoms with Crippen LogP contribution in [0, 0.1) is 5.41 Å². The van der Waals surface area contributed by atoms with Crippen molar-refractivity contribution in [3.05, 3.63) is 0 Å². The molecule has 0 rings (SSSR count). The van der Waals surface area contributed by atoms with Crippen molar-refractivity contribution in [3.8, 4) is 0 Å². The minimum absolute atomic E-state index is 0.0471. The molecule has 3 heteroatoms. The zero-order chi connectivity index (χ0) is 12.8. The Morgan fingerprint density at radius 1 is 1.19 bits per heavy atom. The van der Waals surface area contributed by atoms with Gasteiger partial charge in [-0.3, -0.25) is 0 Å². The number of hydrogen-bond acceptors (Lipinski definition) is 3. The molecule has 0 saturated heterocycles. The molecule has 0 bridgehead atoms. The van der Waals surface area contributed by atoms with Crippen LogP contribution in [-0.4, -0.2) is 36.5 Å². The molecule has 2 N–H and O–H groups in total. The van der Waals surface area contributed by atoms with Crippen LogP contribution in [-0.2, 0) is 4.74 Å². The van der Waals surface area contributed by atoms with E-state index in [1.54, 1.807) is 0 Å². The van der Waals surface area contributed by atoms with Gasteiger partial charge < -0.3 is 15.2 Å². The maximum absolute atomic E-state index is 9.65. The lowest BCUT2D eigenvalue weighted by molar-refractivity contribution is 0.0376.